The maximum Gasteiger partial charge on any atom is 0.416 e. The van der Waals surface area contributed by atoms with Crippen LogP contribution in [-0.2, 0) is 11.0 Å². The fraction of sp³-hybridized carbons (Fsp3) is 0.300. The summed E-state index contributed by atoms with van der Waals surface area (Å²) in [7, 11) is 0. The van der Waals surface area contributed by atoms with E-state index in [1.165, 1.54) is 19.1 Å². The lowest BCUT2D eigenvalue weighted by Gasteiger charge is -2.08. The normalized spacial score (nSPS) is 10.2. The second kappa shape index (κ2) is 6.19. The standard InChI is InChI=1S/C8H7F3.C2H5NO/c1-6-4-2-3-5-7(6)8(9,10)11;3-1-2-4/h2-5H,1H3;2H,1,3H2. The number of aryl methyl sites for hydroxylation is 1. The third-order valence-electron chi connectivity index (χ3n) is 1.55. The Labute approximate surface area is 85.9 Å². The molecule has 1 aromatic carbocycles. The summed E-state index contributed by atoms with van der Waals surface area (Å²) in [6, 6.07) is 5.50. The van der Waals surface area contributed by atoms with Gasteiger partial charge < -0.3 is 10.5 Å². The Morgan fingerprint density at radius 3 is 2.07 bits per heavy atom. The zero-order chi connectivity index (χ0) is 11.9. The molecule has 5 heteroatoms. The molecule has 0 fully saturated rings. The molecule has 0 saturated carbocycles. The van der Waals surface area contributed by atoms with Crippen molar-refractivity contribution in [3.05, 3.63) is 35.4 Å². The third kappa shape index (κ3) is 5.17. The van der Waals surface area contributed by atoms with Crippen molar-refractivity contribution in [3.8, 4) is 0 Å². The first-order chi connectivity index (χ1) is 6.93. The minimum Gasteiger partial charge on any atom is -0.324 e. The van der Waals surface area contributed by atoms with Gasteiger partial charge in [-0.3, -0.25) is 0 Å². The molecule has 1 aromatic rings. The number of hydrogen-bond donors (Lipinski definition) is 1. The molecule has 0 spiro atoms. The molecule has 0 aromatic heterocycles. The van der Waals surface area contributed by atoms with Crippen LogP contribution in [0.2, 0.25) is 0 Å². The molecule has 0 aliphatic heterocycles. The highest BCUT2D eigenvalue weighted by atomic mass is 19.4. The Morgan fingerprint density at radius 1 is 1.33 bits per heavy atom. The molecule has 15 heavy (non-hydrogen) atoms. The topological polar surface area (TPSA) is 43.1 Å². The first-order valence-corrected chi connectivity index (χ1v) is 4.20. The van der Waals surface area contributed by atoms with Crippen LogP contribution in [-0.4, -0.2) is 12.8 Å². The smallest absolute Gasteiger partial charge is 0.324 e. The second-order valence-corrected chi connectivity index (χ2v) is 2.72. The van der Waals surface area contributed by atoms with E-state index in [4.69, 9.17) is 4.79 Å². The van der Waals surface area contributed by atoms with Gasteiger partial charge in [-0.2, -0.15) is 13.2 Å². The molecular formula is C10H12F3NO. The highest BCUT2D eigenvalue weighted by Crippen LogP contribution is 2.31. The molecule has 0 amide bonds. The minimum absolute atomic E-state index is 0.139. The molecule has 0 aliphatic carbocycles. The summed E-state index contributed by atoms with van der Waals surface area (Å²) in [6.07, 6.45) is -3.56. The van der Waals surface area contributed by atoms with Crippen molar-refractivity contribution >= 4 is 6.29 Å². The van der Waals surface area contributed by atoms with Crippen molar-refractivity contribution in [1.29, 1.82) is 0 Å². The van der Waals surface area contributed by atoms with Crippen molar-refractivity contribution in [2.75, 3.05) is 6.54 Å². The van der Waals surface area contributed by atoms with Crippen LogP contribution in [0, 0.1) is 6.92 Å². The fourth-order valence-corrected chi connectivity index (χ4v) is 0.891. The van der Waals surface area contributed by atoms with Crippen molar-refractivity contribution < 1.29 is 18.0 Å². The average Bonchev–Trinajstić information content (AvgIpc) is 2.17. The number of carbonyl (C=O) groups excluding carboxylic acids is 1. The lowest BCUT2D eigenvalue weighted by molar-refractivity contribution is -0.138. The van der Waals surface area contributed by atoms with E-state index in [1.54, 1.807) is 6.07 Å². The summed E-state index contributed by atoms with van der Waals surface area (Å²) in [4.78, 5) is 9.05. The molecule has 0 unspecified atom stereocenters. The van der Waals surface area contributed by atoms with Gasteiger partial charge in [-0.1, -0.05) is 18.2 Å². The van der Waals surface area contributed by atoms with E-state index >= 15 is 0 Å². The van der Waals surface area contributed by atoms with E-state index in [2.05, 4.69) is 5.73 Å². The molecule has 0 heterocycles. The first kappa shape index (κ1) is 13.6. The molecule has 0 atom stereocenters. The summed E-state index contributed by atoms with van der Waals surface area (Å²) >= 11 is 0. The van der Waals surface area contributed by atoms with Gasteiger partial charge in [0.05, 0.1) is 5.56 Å². The van der Waals surface area contributed by atoms with Crippen molar-refractivity contribution in [2.24, 2.45) is 5.73 Å². The molecule has 0 aliphatic rings. The highest BCUT2D eigenvalue weighted by Gasteiger charge is 2.31. The summed E-state index contributed by atoms with van der Waals surface area (Å²) < 4.78 is 36.1. The van der Waals surface area contributed by atoms with Gasteiger partial charge in [-0.05, 0) is 18.6 Å². The number of rotatable bonds is 1. The Balaban J connectivity index is 0.000000423. The second-order valence-electron chi connectivity index (χ2n) is 2.72. The van der Waals surface area contributed by atoms with Gasteiger partial charge in [-0.15, -0.1) is 0 Å². The molecule has 2 N–H and O–H groups in total. The van der Waals surface area contributed by atoms with Crippen LogP contribution in [0.15, 0.2) is 24.3 Å². The fourth-order valence-electron chi connectivity index (χ4n) is 0.891. The molecule has 0 saturated heterocycles. The number of halogens is 3. The van der Waals surface area contributed by atoms with Crippen LogP contribution >= 0.6 is 0 Å². The minimum atomic E-state index is -4.22. The lowest BCUT2D eigenvalue weighted by atomic mass is 10.1. The van der Waals surface area contributed by atoms with Gasteiger partial charge in [0.2, 0.25) is 0 Å². The molecule has 84 valence electrons. The molecule has 2 nitrogen and oxygen atoms in total. The predicted octanol–water partition coefficient (Wildman–Crippen LogP) is 2.16. The number of aldehydes is 1. The van der Waals surface area contributed by atoms with E-state index in [9.17, 15) is 13.2 Å². The van der Waals surface area contributed by atoms with Crippen molar-refractivity contribution in [3.63, 3.8) is 0 Å². The van der Waals surface area contributed by atoms with Gasteiger partial charge in [-0.25, -0.2) is 0 Å². The largest absolute Gasteiger partial charge is 0.416 e. The Kier molecular flexibility index (Phi) is 5.62. The first-order valence-electron chi connectivity index (χ1n) is 4.20. The van der Waals surface area contributed by atoms with Gasteiger partial charge in [0.1, 0.15) is 6.29 Å². The average molecular weight is 219 g/mol. The Bertz CT molecular complexity index is 310. The Morgan fingerprint density at radius 2 is 1.80 bits per heavy atom. The summed E-state index contributed by atoms with van der Waals surface area (Å²) in [5.41, 5.74) is 4.37. The zero-order valence-corrected chi connectivity index (χ0v) is 8.21. The van der Waals surface area contributed by atoms with Gasteiger partial charge in [0, 0.05) is 6.54 Å². The van der Waals surface area contributed by atoms with Crippen molar-refractivity contribution in [2.45, 2.75) is 13.1 Å². The molecule has 1 rings (SSSR count). The van der Waals surface area contributed by atoms with Crippen LogP contribution in [0.1, 0.15) is 11.1 Å². The van der Waals surface area contributed by atoms with E-state index in [-0.39, 0.29) is 12.1 Å². The third-order valence-corrected chi connectivity index (χ3v) is 1.55. The van der Waals surface area contributed by atoms with Gasteiger partial charge in [0.25, 0.3) is 0 Å². The monoisotopic (exact) mass is 219 g/mol. The summed E-state index contributed by atoms with van der Waals surface area (Å²) in [5, 5.41) is 0. The van der Waals surface area contributed by atoms with E-state index in [0.29, 0.717) is 6.29 Å². The van der Waals surface area contributed by atoms with Gasteiger partial charge >= 0.3 is 6.18 Å². The van der Waals surface area contributed by atoms with Crippen molar-refractivity contribution in [1.82, 2.24) is 0 Å². The molecule has 0 radical (unpaired) electrons. The highest BCUT2D eigenvalue weighted by molar-refractivity contribution is 5.51. The number of carbonyl (C=O) groups is 1. The van der Waals surface area contributed by atoms with Gasteiger partial charge in [0.15, 0.2) is 0 Å². The number of hydrogen-bond acceptors (Lipinski definition) is 2. The van der Waals surface area contributed by atoms with Crippen LogP contribution in [0.25, 0.3) is 0 Å². The lowest BCUT2D eigenvalue weighted by Crippen LogP contribution is -2.06. The summed E-state index contributed by atoms with van der Waals surface area (Å²) in [6.45, 7) is 1.59. The Hall–Kier alpha value is -1.36. The molecule has 0 bridgehead atoms. The number of nitrogens with two attached hydrogens (primary N) is 1. The number of alkyl halides is 3. The maximum atomic E-state index is 12.0. The van der Waals surface area contributed by atoms with E-state index in [1.807, 2.05) is 0 Å². The zero-order valence-electron chi connectivity index (χ0n) is 8.21. The van der Waals surface area contributed by atoms with Crippen LogP contribution in [0.4, 0.5) is 13.2 Å². The predicted molar refractivity (Wildman–Crippen MR) is 51.3 cm³/mol. The van der Waals surface area contributed by atoms with E-state index < -0.39 is 11.7 Å². The quantitative estimate of drug-likeness (QED) is 0.735. The number of benzene rings is 1. The van der Waals surface area contributed by atoms with E-state index in [0.717, 1.165) is 6.07 Å². The van der Waals surface area contributed by atoms with Crippen LogP contribution in [0.5, 0.6) is 0 Å². The SMILES string of the molecule is Cc1ccccc1C(F)(F)F.NCC=O. The maximum absolute atomic E-state index is 12.0. The van der Waals surface area contributed by atoms with Crippen LogP contribution < -0.4 is 5.73 Å². The molecular weight excluding hydrogens is 207 g/mol. The van der Waals surface area contributed by atoms with Crippen LogP contribution in [0.3, 0.4) is 0 Å². The summed E-state index contributed by atoms with van der Waals surface area (Å²) in [5.74, 6) is 0.